The number of nitrogens with zero attached hydrogens (tertiary/aromatic N) is 1. The molecule has 1 N–H and O–H groups in total. The van der Waals surface area contributed by atoms with Gasteiger partial charge in [-0.1, -0.05) is 18.2 Å². The van der Waals surface area contributed by atoms with Crippen molar-refractivity contribution in [3.63, 3.8) is 0 Å². The molecule has 1 rings (SSSR count). The summed E-state index contributed by atoms with van der Waals surface area (Å²) in [6.45, 7) is 2.93. The lowest BCUT2D eigenvalue weighted by Crippen LogP contribution is -2.20. The summed E-state index contributed by atoms with van der Waals surface area (Å²) >= 11 is 0. The zero-order valence-electron chi connectivity index (χ0n) is 13.6. The number of carbonyl (C=O) groups is 2. The van der Waals surface area contributed by atoms with Gasteiger partial charge < -0.3 is 14.8 Å². The molecule has 1 aromatic carbocycles. The van der Waals surface area contributed by atoms with E-state index in [1.54, 1.807) is 26.0 Å². The van der Waals surface area contributed by atoms with Gasteiger partial charge >= 0.3 is 11.7 Å². The minimum atomic E-state index is -0.652. The second-order valence-electron chi connectivity index (χ2n) is 4.64. The molecule has 0 heterocycles. The Morgan fingerprint density at radius 3 is 2.62 bits per heavy atom. The molecule has 1 aromatic rings. The molecule has 128 valence electrons. The molecule has 0 atom stereocenters. The molecule has 0 unspecified atom stereocenters. The fourth-order valence-corrected chi connectivity index (χ4v) is 1.73. The van der Waals surface area contributed by atoms with Crippen molar-refractivity contribution in [2.24, 2.45) is 0 Å². The Bertz CT molecular complexity index is 694. The lowest BCUT2D eigenvalue weighted by Gasteiger charge is -2.10. The van der Waals surface area contributed by atoms with E-state index in [1.807, 2.05) is 0 Å². The molecule has 0 radical (unpaired) electrons. The maximum atomic E-state index is 11.8. The van der Waals surface area contributed by atoms with Gasteiger partial charge in [0.25, 0.3) is 5.91 Å². The molecular formula is C16H18N2O6. The van der Waals surface area contributed by atoms with Crippen LogP contribution in [-0.4, -0.2) is 30.5 Å². The number of hydrogen-bond acceptors (Lipinski definition) is 6. The Labute approximate surface area is 138 Å². The number of aryl methyl sites for hydroxylation is 1. The molecular weight excluding hydrogens is 316 g/mol. The average Bonchev–Trinajstić information content (AvgIpc) is 2.54. The Morgan fingerprint density at radius 2 is 2.04 bits per heavy atom. The van der Waals surface area contributed by atoms with Crippen LogP contribution in [0.5, 0.6) is 5.75 Å². The quantitative estimate of drug-likeness (QED) is 0.270. The predicted octanol–water partition coefficient (Wildman–Crippen LogP) is 2.53. The third kappa shape index (κ3) is 5.56. The Balaban J connectivity index is 2.73. The summed E-state index contributed by atoms with van der Waals surface area (Å²) in [5.74, 6) is -1.20. The van der Waals surface area contributed by atoms with Gasteiger partial charge in [-0.2, -0.15) is 0 Å². The van der Waals surface area contributed by atoms with Crippen LogP contribution in [-0.2, 0) is 14.3 Å². The van der Waals surface area contributed by atoms with E-state index >= 15 is 0 Å². The van der Waals surface area contributed by atoms with Crippen molar-refractivity contribution in [3.05, 3.63) is 52.1 Å². The number of ether oxygens (including phenoxy) is 2. The van der Waals surface area contributed by atoms with E-state index in [4.69, 9.17) is 9.47 Å². The third-order valence-electron chi connectivity index (χ3n) is 2.88. The first-order valence-electron chi connectivity index (χ1n) is 6.98. The van der Waals surface area contributed by atoms with Crippen LogP contribution in [0.15, 0.2) is 36.4 Å². The number of methoxy groups -OCH3 is 1. The summed E-state index contributed by atoms with van der Waals surface area (Å²) in [6, 6.07) is 2.64. The Morgan fingerprint density at radius 1 is 1.33 bits per heavy atom. The Kier molecular flexibility index (Phi) is 7.15. The fourth-order valence-electron chi connectivity index (χ4n) is 1.73. The largest absolute Gasteiger partial charge is 0.490 e. The highest BCUT2D eigenvalue weighted by molar-refractivity contribution is 5.94. The van der Waals surface area contributed by atoms with E-state index in [0.717, 1.165) is 0 Å². The minimum absolute atomic E-state index is 0.0205. The van der Waals surface area contributed by atoms with Crippen molar-refractivity contribution < 1.29 is 24.0 Å². The monoisotopic (exact) mass is 334 g/mol. The molecule has 0 bridgehead atoms. The minimum Gasteiger partial charge on any atom is -0.490 e. The van der Waals surface area contributed by atoms with Gasteiger partial charge in [0.15, 0.2) is 12.4 Å². The molecule has 24 heavy (non-hydrogen) atoms. The average molecular weight is 334 g/mol. The first-order valence-corrected chi connectivity index (χ1v) is 6.98. The highest BCUT2D eigenvalue weighted by Crippen LogP contribution is 2.32. The van der Waals surface area contributed by atoms with Crippen molar-refractivity contribution in [2.75, 3.05) is 19.0 Å². The summed E-state index contributed by atoms with van der Waals surface area (Å²) in [6.07, 6.45) is 6.06. The van der Waals surface area contributed by atoms with Crippen LogP contribution in [0.4, 0.5) is 11.4 Å². The number of anilines is 1. The van der Waals surface area contributed by atoms with Crippen molar-refractivity contribution in [1.29, 1.82) is 0 Å². The van der Waals surface area contributed by atoms with Crippen molar-refractivity contribution in [2.45, 2.75) is 13.8 Å². The van der Waals surface area contributed by atoms with Gasteiger partial charge in [-0.05, 0) is 19.4 Å². The van der Waals surface area contributed by atoms with Gasteiger partial charge in [0, 0.05) is 23.9 Å². The molecule has 0 fully saturated rings. The summed E-state index contributed by atoms with van der Waals surface area (Å²) in [7, 11) is 1.29. The summed E-state index contributed by atoms with van der Waals surface area (Å²) < 4.78 is 9.71. The summed E-state index contributed by atoms with van der Waals surface area (Å²) in [4.78, 5) is 33.5. The van der Waals surface area contributed by atoms with Crippen LogP contribution in [0, 0.1) is 17.0 Å². The van der Waals surface area contributed by atoms with Crippen molar-refractivity contribution >= 4 is 23.3 Å². The van der Waals surface area contributed by atoms with Crippen LogP contribution in [0.25, 0.3) is 0 Å². The zero-order valence-corrected chi connectivity index (χ0v) is 13.6. The first-order chi connectivity index (χ1) is 11.4. The number of nitrogens with one attached hydrogen (secondary N) is 1. The second-order valence-corrected chi connectivity index (χ2v) is 4.64. The zero-order chi connectivity index (χ0) is 18.1. The molecule has 8 heteroatoms. The molecule has 0 aromatic heterocycles. The highest BCUT2D eigenvalue weighted by Gasteiger charge is 2.18. The number of allylic oxidation sites excluding steroid dienone is 3. The molecule has 0 saturated heterocycles. The van der Waals surface area contributed by atoms with Crippen LogP contribution in [0.2, 0.25) is 0 Å². The summed E-state index contributed by atoms with van der Waals surface area (Å²) in [5.41, 5.74) is 0.617. The van der Waals surface area contributed by atoms with E-state index in [2.05, 4.69) is 5.32 Å². The van der Waals surface area contributed by atoms with Gasteiger partial charge in [-0.25, -0.2) is 4.79 Å². The van der Waals surface area contributed by atoms with Crippen molar-refractivity contribution in [3.8, 4) is 5.75 Å². The molecule has 0 spiro atoms. The molecule has 0 aliphatic rings. The van der Waals surface area contributed by atoms with Crippen LogP contribution < -0.4 is 10.1 Å². The number of benzene rings is 1. The normalized spacial score (nSPS) is 10.8. The fraction of sp³-hybridized carbons (Fsp3) is 0.250. The number of esters is 1. The molecule has 8 nitrogen and oxygen atoms in total. The maximum Gasteiger partial charge on any atom is 0.331 e. The summed E-state index contributed by atoms with van der Waals surface area (Å²) in [5, 5.41) is 13.4. The van der Waals surface area contributed by atoms with Gasteiger partial charge in [0.1, 0.15) is 0 Å². The van der Waals surface area contributed by atoms with Gasteiger partial charge in [0.2, 0.25) is 0 Å². The number of nitro groups is 1. The van der Waals surface area contributed by atoms with Gasteiger partial charge in [-0.3, -0.25) is 14.9 Å². The molecule has 0 saturated carbocycles. The van der Waals surface area contributed by atoms with E-state index in [1.165, 1.54) is 31.4 Å². The van der Waals surface area contributed by atoms with E-state index in [0.29, 0.717) is 11.3 Å². The third-order valence-corrected chi connectivity index (χ3v) is 2.88. The maximum absolute atomic E-state index is 11.8. The number of carbonyl (C=O) groups excluding carboxylic acids is 2. The molecule has 0 aliphatic carbocycles. The topological polar surface area (TPSA) is 108 Å². The van der Waals surface area contributed by atoms with Crippen LogP contribution in [0.1, 0.15) is 12.5 Å². The first kappa shape index (κ1) is 18.9. The SMILES string of the molecule is C/C=C/C=C/C(=O)OCC(=O)Nc1cc(OC)c([N+](=O)[O-])cc1C. The van der Waals surface area contributed by atoms with Gasteiger partial charge in [-0.15, -0.1) is 0 Å². The van der Waals surface area contributed by atoms with Crippen LogP contribution >= 0.6 is 0 Å². The van der Waals surface area contributed by atoms with Crippen LogP contribution in [0.3, 0.4) is 0 Å². The molecule has 1 amide bonds. The van der Waals surface area contributed by atoms with E-state index in [9.17, 15) is 19.7 Å². The predicted molar refractivity (Wildman–Crippen MR) is 87.9 cm³/mol. The highest BCUT2D eigenvalue weighted by atomic mass is 16.6. The molecule has 0 aliphatic heterocycles. The number of nitro benzene ring substituents is 1. The lowest BCUT2D eigenvalue weighted by molar-refractivity contribution is -0.385. The number of hydrogen-bond donors (Lipinski definition) is 1. The van der Waals surface area contributed by atoms with E-state index < -0.39 is 23.4 Å². The van der Waals surface area contributed by atoms with Gasteiger partial charge in [0.05, 0.1) is 12.0 Å². The lowest BCUT2D eigenvalue weighted by atomic mass is 10.1. The smallest absolute Gasteiger partial charge is 0.331 e. The van der Waals surface area contributed by atoms with E-state index in [-0.39, 0.29) is 11.4 Å². The standard InChI is InChI=1S/C16H18N2O6/c1-4-5-6-7-16(20)24-10-15(19)17-12-9-14(23-3)13(18(21)22)8-11(12)2/h4-9H,10H2,1-3H3,(H,17,19)/b5-4+,7-6+. The Hall–Kier alpha value is -3.16. The number of rotatable bonds is 7. The number of amides is 1. The van der Waals surface area contributed by atoms with Crippen molar-refractivity contribution in [1.82, 2.24) is 0 Å². The second kappa shape index (κ2) is 9.09.